The van der Waals surface area contributed by atoms with E-state index in [2.05, 4.69) is 20.2 Å². The highest BCUT2D eigenvalue weighted by atomic mass is 16.4. The number of imidazole rings is 1. The molecule has 0 aromatic carbocycles. The van der Waals surface area contributed by atoms with Crippen molar-refractivity contribution in [3.63, 3.8) is 0 Å². The summed E-state index contributed by atoms with van der Waals surface area (Å²) in [5.74, 6) is -1.42. The Morgan fingerprint density at radius 3 is 3.00 bits per heavy atom. The summed E-state index contributed by atoms with van der Waals surface area (Å²) in [5.41, 5.74) is 1.74. The fraction of sp³-hybridized carbons (Fsp3) is 0.273. The van der Waals surface area contributed by atoms with Crippen molar-refractivity contribution >= 4 is 11.9 Å². The highest BCUT2D eigenvalue weighted by Crippen LogP contribution is 2.22. The van der Waals surface area contributed by atoms with Crippen LogP contribution in [0.1, 0.15) is 21.9 Å². The average molecular weight is 261 g/mol. The van der Waals surface area contributed by atoms with Gasteiger partial charge >= 0.3 is 5.97 Å². The number of aromatic amines is 2. The molecule has 3 rings (SSSR count). The molecule has 2 aromatic rings. The van der Waals surface area contributed by atoms with Crippen molar-refractivity contribution in [3.8, 4) is 0 Å². The summed E-state index contributed by atoms with van der Waals surface area (Å²) in [6, 6.07) is 0.607. The van der Waals surface area contributed by atoms with Gasteiger partial charge in [0.15, 0.2) is 0 Å². The molecule has 0 aliphatic carbocycles. The Morgan fingerprint density at radius 2 is 2.32 bits per heavy atom. The number of carboxylic acid groups (broad SMARTS) is 1. The molecular formula is C11H11N5O3. The molecule has 0 saturated carbocycles. The number of nitrogens with one attached hydrogen (secondary N) is 2. The standard InChI is InChI=1S/C11H11N5O3/c17-10(6-1-2-14-15-6)16-4-8-7(12-5-13-8)3-9(16)11(18)19/h1-2,5,9H,3-4H2,(H,12,13)(H,14,15)(H,18,19). The molecule has 2 aromatic heterocycles. The van der Waals surface area contributed by atoms with E-state index in [-0.39, 0.29) is 24.6 Å². The number of H-pyrrole nitrogens is 2. The van der Waals surface area contributed by atoms with Crippen LogP contribution in [0.15, 0.2) is 18.6 Å². The van der Waals surface area contributed by atoms with Crippen molar-refractivity contribution in [3.05, 3.63) is 35.7 Å². The normalized spacial score (nSPS) is 18.1. The van der Waals surface area contributed by atoms with Crippen LogP contribution in [0, 0.1) is 0 Å². The third kappa shape index (κ3) is 1.86. The smallest absolute Gasteiger partial charge is 0.326 e. The van der Waals surface area contributed by atoms with Crippen molar-refractivity contribution in [1.82, 2.24) is 25.1 Å². The van der Waals surface area contributed by atoms with Crippen molar-refractivity contribution in [2.24, 2.45) is 0 Å². The maximum absolute atomic E-state index is 12.3. The summed E-state index contributed by atoms with van der Waals surface area (Å²) < 4.78 is 0. The molecule has 0 spiro atoms. The molecule has 1 aliphatic heterocycles. The lowest BCUT2D eigenvalue weighted by atomic mass is 10.0. The van der Waals surface area contributed by atoms with Gasteiger partial charge in [0.05, 0.1) is 24.3 Å². The van der Waals surface area contributed by atoms with E-state index in [1.54, 1.807) is 0 Å². The summed E-state index contributed by atoms with van der Waals surface area (Å²) in [6.45, 7) is 0.199. The number of amides is 1. The fourth-order valence-corrected chi connectivity index (χ4v) is 2.20. The molecule has 8 heteroatoms. The first kappa shape index (κ1) is 11.5. The molecule has 19 heavy (non-hydrogen) atoms. The van der Waals surface area contributed by atoms with Crippen LogP contribution >= 0.6 is 0 Å². The molecular weight excluding hydrogens is 250 g/mol. The van der Waals surface area contributed by atoms with E-state index in [4.69, 9.17) is 0 Å². The number of carbonyl (C=O) groups excluding carboxylic acids is 1. The van der Waals surface area contributed by atoms with Crippen molar-refractivity contribution in [2.75, 3.05) is 0 Å². The van der Waals surface area contributed by atoms with Gasteiger partial charge in [-0.05, 0) is 6.07 Å². The first-order valence-electron chi connectivity index (χ1n) is 5.71. The molecule has 0 fully saturated rings. The van der Waals surface area contributed by atoms with Gasteiger partial charge in [-0.15, -0.1) is 0 Å². The van der Waals surface area contributed by atoms with Crippen LogP contribution in [0.2, 0.25) is 0 Å². The van der Waals surface area contributed by atoms with Gasteiger partial charge in [0, 0.05) is 12.6 Å². The molecule has 3 heterocycles. The highest BCUT2D eigenvalue weighted by molar-refractivity contribution is 5.95. The van der Waals surface area contributed by atoms with E-state index in [0.29, 0.717) is 5.69 Å². The molecule has 1 amide bonds. The van der Waals surface area contributed by atoms with Gasteiger partial charge in [0.2, 0.25) is 0 Å². The van der Waals surface area contributed by atoms with E-state index < -0.39 is 12.0 Å². The minimum Gasteiger partial charge on any atom is -0.480 e. The SMILES string of the molecule is O=C(O)C1Cc2nc[nH]c2CN1C(=O)c1ccn[nH]1. The third-order valence-corrected chi connectivity index (χ3v) is 3.18. The van der Waals surface area contributed by atoms with Crippen molar-refractivity contribution in [2.45, 2.75) is 19.0 Å². The summed E-state index contributed by atoms with van der Waals surface area (Å²) in [7, 11) is 0. The second kappa shape index (κ2) is 4.23. The lowest BCUT2D eigenvalue weighted by Crippen LogP contribution is -2.48. The average Bonchev–Trinajstić information content (AvgIpc) is 3.06. The van der Waals surface area contributed by atoms with Crippen LogP contribution in [0.25, 0.3) is 0 Å². The number of hydrogen-bond acceptors (Lipinski definition) is 4. The number of fused-ring (bicyclic) bond motifs is 1. The summed E-state index contributed by atoms with van der Waals surface area (Å²) >= 11 is 0. The van der Waals surface area contributed by atoms with Crippen LogP contribution in [-0.2, 0) is 17.8 Å². The van der Waals surface area contributed by atoms with Crippen molar-refractivity contribution < 1.29 is 14.7 Å². The van der Waals surface area contributed by atoms with Gasteiger partial charge in [-0.25, -0.2) is 9.78 Å². The summed E-state index contributed by atoms with van der Waals surface area (Å²) in [4.78, 5) is 31.9. The summed E-state index contributed by atoms with van der Waals surface area (Å²) in [5, 5.41) is 15.5. The van der Waals surface area contributed by atoms with E-state index in [1.807, 2.05) is 0 Å². The number of rotatable bonds is 2. The lowest BCUT2D eigenvalue weighted by Gasteiger charge is -2.31. The predicted molar refractivity (Wildman–Crippen MR) is 62.2 cm³/mol. The number of hydrogen-bond donors (Lipinski definition) is 3. The number of carboxylic acids is 1. The van der Waals surface area contributed by atoms with Crippen molar-refractivity contribution in [1.29, 1.82) is 0 Å². The van der Waals surface area contributed by atoms with E-state index in [0.717, 1.165) is 5.69 Å². The Bertz CT molecular complexity index is 618. The minimum atomic E-state index is -1.04. The summed E-state index contributed by atoms with van der Waals surface area (Å²) in [6.07, 6.45) is 3.16. The topological polar surface area (TPSA) is 115 Å². The first-order chi connectivity index (χ1) is 9.16. The Kier molecular flexibility index (Phi) is 2.55. The quantitative estimate of drug-likeness (QED) is 0.691. The molecule has 0 radical (unpaired) electrons. The number of carbonyl (C=O) groups is 2. The minimum absolute atomic E-state index is 0.199. The van der Waals surface area contributed by atoms with E-state index in [9.17, 15) is 14.7 Å². The Morgan fingerprint density at radius 1 is 1.47 bits per heavy atom. The van der Waals surface area contributed by atoms with Gasteiger partial charge in [-0.2, -0.15) is 5.10 Å². The monoisotopic (exact) mass is 261 g/mol. The molecule has 1 atom stereocenters. The van der Waals surface area contributed by atoms with E-state index >= 15 is 0 Å². The Hall–Kier alpha value is -2.64. The number of nitrogens with zero attached hydrogens (tertiary/aromatic N) is 3. The van der Waals surface area contributed by atoms with Gasteiger partial charge in [0.1, 0.15) is 11.7 Å². The number of aromatic nitrogens is 4. The molecule has 0 bridgehead atoms. The predicted octanol–water partition coefficient (Wildman–Crippen LogP) is -0.216. The molecule has 98 valence electrons. The maximum atomic E-state index is 12.3. The van der Waals surface area contributed by atoms with Crippen LogP contribution in [-0.4, -0.2) is 48.1 Å². The first-order valence-corrected chi connectivity index (χ1v) is 5.71. The van der Waals surface area contributed by atoms with Gasteiger partial charge in [0.25, 0.3) is 5.91 Å². The molecule has 8 nitrogen and oxygen atoms in total. The second-order valence-electron chi connectivity index (χ2n) is 4.29. The molecule has 1 aliphatic rings. The molecule has 1 unspecified atom stereocenters. The zero-order chi connectivity index (χ0) is 13.4. The Labute approximate surface area is 107 Å². The van der Waals surface area contributed by atoms with Crippen LogP contribution in [0.4, 0.5) is 0 Å². The largest absolute Gasteiger partial charge is 0.480 e. The van der Waals surface area contributed by atoms with Crippen LogP contribution in [0.3, 0.4) is 0 Å². The van der Waals surface area contributed by atoms with Gasteiger partial charge in [-0.3, -0.25) is 9.89 Å². The van der Waals surface area contributed by atoms with E-state index in [1.165, 1.54) is 23.5 Å². The van der Waals surface area contributed by atoms with Gasteiger partial charge < -0.3 is 15.0 Å². The second-order valence-corrected chi connectivity index (χ2v) is 4.29. The van der Waals surface area contributed by atoms with Crippen LogP contribution in [0.5, 0.6) is 0 Å². The van der Waals surface area contributed by atoms with Crippen LogP contribution < -0.4 is 0 Å². The zero-order valence-corrected chi connectivity index (χ0v) is 9.83. The Balaban J connectivity index is 1.95. The maximum Gasteiger partial charge on any atom is 0.326 e. The molecule has 0 saturated heterocycles. The fourth-order valence-electron chi connectivity index (χ4n) is 2.20. The molecule has 3 N–H and O–H groups in total. The van der Waals surface area contributed by atoms with Gasteiger partial charge in [-0.1, -0.05) is 0 Å². The zero-order valence-electron chi connectivity index (χ0n) is 9.83. The third-order valence-electron chi connectivity index (χ3n) is 3.18. The number of aliphatic carboxylic acids is 1. The lowest BCUT2D eigenvalue weighted by molar-refractivity contribution is -0.142. The highest BCUT2D eigenvalue weighted by Gasteiger charge is 2.36.